The van der Waals surface area contributed by atoms with Gasteiger partial charge in [-0.1, -0.05) is 6.07 Å². The Hall–Kier alpha value is -3.22. The van der Waals surface area contributed by atoms with Crippen LogP contribution in [0.4, 0.5) is 16.2 Å². The Morgan fingerprint density at radius 1 is 1.07 bits per heavy atom. The van der Waals surface area contributed by atoms with Crippen LogP contribution >= 0.6 is 0 Å². The predicted molar refractivity (Wildman–Crippen MR) is 108 cm³/mol. The van der Waals surface area contributed by atoms with Gasteiger partial charge in [-0.25, -0.2) is 4.79 Å². The maximum atomic E-state index is 12.8. The van der Waals surface area contributed by atoms with Crippen molar-refractivity contribution in [2.75, 3.05) is 31.0 Å². The summed E-state index contributed by atoms with van der Waals surface area (Å²) in [6.07, 6.45) is 0.550. The molecule has 1 aliphatic rings. The van der Waals surface area contributed by atoms with Crippen LogP contribution in [0.2, 0.25) is 0 Å². The van der Waals surface area contributed by atoms with Crippen LogP contribution < -0.4 is 25.0 Å². The fourth-order valence-electron chi connectivity index (χ4n) is 3.41. The van der Waals surface area contributed by atoms with Crippen LogP contribution in [0.15, 0.2) is 36.4 Å². The molecule has 0 spiro atoms. The Morgan fingerprint density at radius 2 is 1.79 bits per heavy atom. The average Bonchev–Trinajstić information content (AvgIpc) is 3.01. The lowest BCUT2D eigenvalue weighted by atomic mass is 10.1. The van der Waals surface area contributed by atoms with Crippen LogP contribution in [0.5, 0.6) is 11.5 Å². The number of methoxy groups -OCH3 is 2. The zero-order valence-electron chi connectivity index (χ0n) is 16.5. The molecule has 0 bridgehead atoms. The van der Waals surface area contributed by atoms with E-state index in [1.807, 2.05) is 26.0 Å². The van der Waals surface area contributed by atoms with Crippen molar-refractivity contribution in [3.05, 3.63) is 47.5 Å². The van der Waals surface area contributed by atoms with Gasteiger partial charge in [0.2, 0.25) is 5.91 Å². The van der Waals surface area contributed by atoms with Crippen molar-refractivity contribution < 1.29 is 19.1 Å². The monoisotopic (exact) mass is 383 g/mol. The standard InChI is InChI=1S/C21H25N3O4/c1-13-9-14(2)11-15(10-13)24-8-7-17(20(24)25)22-21(26)23-18-12-16(27-3)5-6-19(18)28-4/h5-6,9-12,17H,7-8H2,1-4H3,(H2,22,23,26)/t17-/m0/s1. The summed E-state index contributed by atoms with van der Waals surface area (Å²) in [6, 6.07) is 10.1. The van der Waals surface area contributed by atoms with Crippen molar-refractivity contribution in [3.63, 3.8) is 0 Å². The molecule has 1 heterocycles. The van der Waals surface area contributed by atoms with Crippen LogP contribution in [0.3, 0.4) is 0 Å². The molecule has 28 heavy (non-hydrogen) atoms. The van der Waals surface area contributed by atoms with Crippen molar-refractivity contribution in [2.24, 2.45) is 0 Å². The zero-order valence-corrected chi connectivity index (χ0v) is 16.5. The molecule has 2 aromatic rings. The molecule has 148 valence electrons. The number of anilines is 2. The van der Waals surface area contributed by atoms with Gasteiger partial charge in [0.15, 0.2) is 0 Å². The molecule has 3 amide bonds. The SMILES string of the molecule is COc1ccc(OC)c(NC(=O)N[C@H]2CCN(c3cc(C)cc(C)c3)C2=O)c1. The second-order valence-corrected chi connectivity index (χ2v) is 6.84. The lowest BCUT2D eigenvalue weighted by Crippen LogP contribution is -2.43. The van der Waals surface area contributed by atoms with Crippen molar-refractivity contribution in [3.8, 4) is 11.5 Å². The molecule has 2 aromatic carbocycles. The number of hydrogen-bond acceptors (Lipinski definition) is 4. The summed E-state index contributed by atoms with van der Waals surface area (Å²) in [4.78, 5) is 26.9. The molecule has 0 saturated carbocycles. The third-order valence-electron chi connectivity index (χ3n) is 4.68. The first-order valence-corrected chi connectivity index (χ1v) is 9.10. The van der Waals surface area contributed by atoms with E-state index in [9.17, 15) is 9.59 Å². The Morgan fingerprint density at radius 3 is 2.43 bits per heavy atom. The first-order valence-electron chi connectivity index (χ1n) is 9.10. The summed E-state index contributed by atoms with van der Waals surface area (Å²) < 4.78 is 10.4. The lowest BCUT2D eigenvalue weighted by molar-refractivity contribution is -0.118. The molecule has 1 saturated heterocycles. The minimum atomic E-state index is -0.572. The fraction of sp³-hybridized carbons (Fsp3) is 0.333. The third-order valence-corrected chi connectivity index (χ3v) is 4.68. The number of hydrogen-bond donors (Lipinski definition) is 2. The quantitative estimate of drug-likeness (QED) is 0.831. The van der Waals surface area contributed by atoms with Crippen molar-refractivity contribution in [2.45, 2.75) is 26.3 Å². The highest BCUT2D eigenvalue weighted by molar-refractivity contribution is 6.03. The molecular weight excluding hydrogens is 358 g/mol. The van der Waals surface area contributed by atoms with Gasteiger partial charge in [-0.05, 0) is 55.7 Å². The molecule has 0 unspecified atom stereocenters. The van der Waals surface area contributed by atoms with Gasteiger partial charge < -0.3 is 25.0 Å². The smallest absolute Gasteiger partial charge is 0.319 e. The summed E-state index contributed by atoms with van der Waals surface area (Å²) in [5.41, 5.74) is 3.53. The number of carbonyl (C=O) groups is 2. The highest BCUT2D eigenvalue weighted by Crippen LogP contribution is 2.29. The second-order valence-electron chi connectivity index (χ2n) is 6.84. The van der Waals surface area contributed by atoms with E-state index in [1.54, 1.807) is 30.2 Å². The predicted octanol–water partition coefficient (Wildman–Crippen LogP) is 3.25. The molecule has 1 atom stereocenters. The number of nitrogens with zero attached hydrogens (tertiary/aromatic N) is 1. The normalized spacial score (nSPS) is 16.1. The van der Waals surface area contributed by atoms with Gasteiger partial charge in [-0.15, -0.1) is 0 Å². The highest BCUT2D eigenvalue weighted by atomic mass is 16.5. The van der Waals surface area contributed by atoms with Crippen molar-refractivity contribution >= 4 is 23.3 Å². The van der Waals surface area contributed by atoms with Crippen LogP contribution in [0.25, 0.3) is 0 Å². The highest BCUT2D eigenvalue weighted by Gasteiger charge is 2.33. The number of ether oxygens (including phenoxy) is 2. The van der Waals surface area contributed by atoms with Crippen LogP contribution in [-0.2, 0) is 4.79 Å². The minimum Gasteiger partial charge on any atom is -0.497 e. The first kappa shape index (κ1) is 19.5. The molecule has 0 radical (unpaired) electrons. The van der Waals surface area contributed by atoms with Crippen LogP contribution in [0.1, 0.15) is 17.5 Å². The van der Waals surface area contributed by atoms with Crippen LogP contribution in [0, 0.1) is 13.8 Å². The van der Waals surface area contributed by atoms with E-state index in [4.69, 9.17) is 9.47 Å². The number of urea groups is 1. The van der Waals surface area contributed by atoms with Gasteiger partial charge in [-0.3, -0.25) is 4.79 Å². The van der Waals surface area contributed by atoms with E-state index in [-0.39, 0.29) is 5.91 Å². The van der Waals surface area contributed by atoms with Crippen molar-refractivity contribution in [1.29, 1.82) is 0 Å². The number of rotatable bonds is 5. The largest absolute Gasteiger partial charge is 0.497 e. The van der Waals surface area contributed by atoms with Gasteiger partial charge >= 0.3 is 6.03 Å². The molecule has 2 N–H and O–H groups in total. The summed E-state index contributed by atoms with van der Waals surface area (Å²) in [5.74, 6) is 0.984. The van der Waals surface area contributed by atoms with Gasteiger partial charge in [0.05, 0.1) is 19.9 Å². The maximum Gasteiger partial charge on any atom is 0.319 e. The van der Waals surface area contributed by atoms with E-state index >= 15 is 0 Å². The summed E-state index contributed by atoms with van der Waals surface area (Å²) in [5, 5.41) is 5.49. The molecule has 1 fully saturated rings. The molecule has 3 rings (SSSR count). The van der Waals surface area contributed by atoms with E-state index in [1.165, 1.54) is 7.11 Å². The molecule has 1 aliphatic heterocycles. The number of carbonyl (C=O) groups excluding carboxylic acids is 2. The Bertz CT molecular complexity index is 877. The zero-order chi connectivity index (χ0) is 20.3. The molecule has 7 nitrogen and oxygen atoms in total. The summed E-state index contributed by atoms with van der Waals surface area (Å²) in [6.45, 7) is 4.57. The number of amides is 3. The van der Waals surface area contributed by atoms with Gasteiger partial charge in [-0.2, -0.15) is 0 Å². The van der Waals surface area contributed by atoms with Gasteiger partial charge in [0.1, 0.15) is 17.5 Å². The molecular formula is C21H25N3O4. The topological polar surface area (TPSA) is 79.9 Å². The second kappa shape index (κ2) is 8.21. The van der Waals surface area contributed by atoms with E-state index in [2.05, 4.69) is 16.7 Å². The van der Waals surface area contributed by atoms with E-state index < -0.39 is 12.1 Å². The summed E-state index contributed by atoms with van der Waals surface area (Å²) >= 11 is 0. The molecule has 0 aliphatic carbocycles. The summed E-state index contributed by atoms with van der Waals surface area (Å²) in [7, 11) is 3.07. The Balaban J connectivity index is 1.68. The Kier molecular flexibility index (Phi) is 5.73. The molecule has 7 heteroatoms. The molecule has 0 aromatic heterocycles. The minimum absolute atomic E-state index is 0.113. The number of benzene rings is 2. The fourth-order valence-corrected chi connectivity index (χ4v) is 3.41. The number of nitrogens with one attached hydrogen (secondary N) is 2. The van der Waals surface area contributed by atoms with Crippen LogP contribution in [-0.4, -0.2) is 38.7 Å². The van der Waals surface area contributed by atoms with Gasteiger partial charge in [0.25, 0.3) is 0 Å². The van der Waals surface area contributed by atoms with E-state index in [0.717, 1.165) is 16.8 Å². The number of aryl methyl sites for hydroxylation is 2. The first-order chi connectivity index (χ1) is 13.4. The Labute approximate surface area is 164 Å². The van der Waals surface area contributed by atoms with Crippen molar-refractivity contribution in [1.82, 2.24) is 5.32 Å². The van der Waals surface area contributed by atoms with Gasteiger partial charge in [0, 0.05) is 18.3 Å². The third kappa shape index (κ3) is 4.19. The average molecular weight is 383 g/mol. The lowest BCUT2D eigenvalue weighted by Gasteiger charge is -2.19. The van der Waals surface area contributed by atoms with E-state index in [0.29, 0.717) is 30.2 Å². The maximum absolute atomic E-state index is 12.8.